The lowest BCUT2D eigenvalue weighted by molar-refractivity contribution is -0.503. The number of hydrogen-bond donors (Lipinski definition) is 3. The van der Waals surface area contributed by atoms with Crippen molar-refractivity contribution in [3.8, 4) is 0 Å². The van der Waals surface area contributed by atoms with Gasteiger partial charge in [0.15, 0.2) is 0 Å². The number of carbonyl (C=O) groups excluding carboxylic acids is 2. The van der Waals surface area contributed by atoms with E-state index in [-0.39, 0.29) is 0 Å². The molecule has 1 atom stereocenters. The van der Waals surface area contributed by atoms with Crippen molar-refractivity contribution in [3.05, 3.63) is 0 Å². The first kappa shape index (κ1) is 24.9. The van der Waals surface area contributed by atoms with Crippen molar-refractivity contribution in [1.82, 2.24) is 5.32 Å². The van der Waals surface area contributed by atoms with E-state index in [1.165, 1.54) is 78.1 Å². The molecule has 6 heteroatoms. The minimum Gasteiger partial charge on any atom is -0.543 e. The Morgan fingerprint density at radius 2 is 1.27 bits per heavy atom. The second-order valence-corrected chi connectivity index (χ2v) is 8.03. The predicted molar refractivity (Wildman–Crippen MR) is 103 cm³/mol. The minimum atomic E-state index is -1.95. The van der Waals surface area contributed by atoms with Crippen LogP contribution >= 0.6 is 0 Å². The van der Waals surface area contributed by atoms with Crippen molar-refractivity contribution >= 4 is 11.9 Å². The molecule has 1 amide bonds. The Morgan fingerprint density at radius 3 is 1.65 bits per heavy atom. The third-order valence-electron chi connectivity index (χ3n) is 5.36. The Balaban J connectivity index is 3.66. The number of quaternary nitrogens is 1. The maximum atomic E-state index is 12.2. The third-order valence-corrected chi connectivity index (χ3v) is 5.36. The van der Waals surface area contributed by atoms with Crippen molar-refractivity contribution < 1.29 is 20.4 Å². The number of nitrogens with two attached hydrogens (primary N) is 1. The fraction of sp³-hybridized carbons (Fsp3) is 0.900. The molecular weight excluding hydrogens is 330 g/mol. The lowest BCUT2D eigenvalue weighted by Crippen LogP contribution is -2.91. The van der Waals surface area contributed by atoms with E-state index in [9.17, 15) is 14.7 Å². The molecular formula is C20H41N3O3. The fourth-order valence-corrected chi connectivity index (χ4v) is 2.85. The maximum absolute atomic E-state index is 12.2. The molecule has 0 aromatic rings. The zero-order chi connectivity index (χ0) is 20.1. The van der Waals surface area contributed by atoms with Gasteiger partial charge in [-0.05, 0) is 20.3 Å². The molecule has 1 unspecified atom stereocenters. The molecule has 6 nitrogen and oxygen atoms in total. The van der Waals surface area contributed by atoms with E-state index in [2.05, 4.69) is 18.0 Å². The topological polar surface area (TPSA) is 123 Å². The summed E-state index contributed by atoms with van der Waals surface area (Å²) in [5, 5.41) is 13.9. The molecule has 0 radical (unpaired) electrons. The molecule has 0 saturated carbocycles. The molecule has 0 aliphatic rings. The summed E-state index contributed by atoms with van der Waals surface area (Å²) in [5.74, 6) is -1.93. The highest BCUT2D eigenvalue weighted by atomic mass is 16.4. The van der Waals surface area contributed by atoms with Gasteiger partial charge in [-0.1, -0.05) is 77.6 Å². The van der Waals surface area contributed by atoms with Crippen LogP contribution in [0.2, 0.25) is 0 Å². The first-order chi connectivity index (χ1) is 12.2. The monoisotopic (exact) mass is 371 g/mol. The fourth-order valence-electron chi connectivity index (χ4n) is 2.85. The summed E-state index contributed by atoms with van der Waals surface area (Å²) in [6.07, 6.45) is 15.1. The number of amides is 1. The van der Waals surface area contributed by atoms with Gasteiger partial charge < -0.3 is 21.0 Å². The molecule has 0 heterocycles. The summed E-state index contributed by atoms with van der Waals surface area (Å²) in [7, 11) is 0. The quantitative estimate of drug-likeness (QED) is 0.281. The van der Waals surface area contributed by atoms with E-state index in [0.29, 0.717) is 6.54 Å². The van der Waals surface area contributed by atoms with Crippen LogP contribution in [-0.2, 0) is 9.59 Å². The summed E-state index contributed by atoms with van der Waals surface area (Å²) in [6, 6.07) is 0. The Morgan fingerprint density at radius 1 is 0.885 bits per heavy atom. The normalized spacial score (nSPS) is 14.0. The molecule has 0 bridgehead atoms. The van der Waals surface area contributed by atoms with Gasteiger partial charge in [0.05, 0.1) is 0 Å². The lowest BCUT2D eigenvalue weighted by Gasteiger charge is -2.36. The van der Waals surface area contributed by atoms with Gasteiger partial charge in [-0.2, -0.15) is 0 Å². The van der Waals surface area contributed by atoms with E-state index in [1.807, 2.05) is 0 Å². The van der Waals surface area contributed by atoms with Crippen LogP contribution in [-0.4, -0.2) is 24.1 Å². The van der Waals surface area contributed by atoms with Crippen LogP contribution in [0.15, 0.2) is 0 Å². The van der Waals surface area contributed by atoms with Crippen LogP contribution < -0.4 is 21.9 Å². The Bertz CT molecular complexity index is 409. The van der Waals surface area contributed by atoms with Gasteiger partial charge in [0.25, 0.3) is 0 Å². The van der Waals surface area contributed by atoms with Gasteiger partial charge in [-0.25, -0.2) is 0 Å². The highest BCUT2D eigenvalue weighted by molar-refractivity contribution is 5.90. The first-order valence-corrected chi connectivity index (χ1v) is 10.3. The molecule has 0 aliphatic carbocycles. The second kappa shape index (κ2) is 13.1. The number of unbranched alkanes of at least 4 members (excludes halogenated alkanes) is 11. The standard InChI is InChI=1S/C20H41N3O3/c1-4-5-6-7-8-9-10-11-12-13-14-15-16-23-17(24)19(2,3)20(21,22)18(25)26/h4-16,21-22H2,1-3H3,(H,23,24)(H,25,26). The van der Waals surface area contributed by atoms with E-state index in [1.54, 1.807) is 0 Å². The van der Waals surface area contributed by atoms with Crippen molar-refractivity contribution in [2.75, 3.05) is 6.54 Å². The molecule has 0 spiro atoms. The zero-order valence-corrected chi connectivity index (χ0v) is 17.2. The third kappa shape index (κ3) is 8.99. The summed E-state index contributed by atoms with van der Waals surface area (Å²) < 4.78 is 0. The smallest absolute Gasteiger partial charge is 0.233 e. The SMILES string of the molecule is CCCCCCCCCCCCCCNC(=O)C(C)(C)C(N)([NH3+])C(=O)[O-]. The predicted octanol–water partition coefficient (Wildman–Crippen LogP) is 1.48. The van der Waals surface area contributed by atoms with Crippen molar-refractivity contribution in [1.29, 1.82) is 0 Å². The van der Waals surface area contributed by atoms with Gasteiger partial charge in [-0.15, -0.1) is 0 Å². The second-order valence-electron chi connectivity index (χ2n) is 8.03. The number of carboxylic acid groups (broad SMARTS) is 1. The van der Waals surface area contributed by atoms with Crippen molar-refractivity contribution in [3.63, 3.8) is 0 Å². The molecule has 26 heavy (non-hydrogen) atoms. The Labute approximate surface area is 159 Å². The van der Waals surface area contributed by atoms with Gasteiger partial charge in [0, 0.05) is 6.54 Å². The molecule has 6 N–H and O–H groups in total. The van der Waals surface area contributed by atoms with Crippen LogP contribution in [0.25, 0.3) is 0 Å². The zero-order valence-electron chi connectivity index (χ0n) is 17.2. The Kier molecular flexibility index (Phi) is 12.5. The van der Waals surface area contributed by atoms with Crippen LogP contribution in [0.5, 0.6) is 0 Å². The van der Waals surface area contributed by atoms with E-state index in [4.69, 9.17) is 5.73 Å². The molecule has 0 fully saturated rings. The van der Waals surface area contributed by atoms with E-state index >= 15 is 0 Å². The number of carboxylic acids is 1. The van der Waals surface area contributed by atoms with Gasteiger partial charge in [0.1, 0.15) is 11.4 Å². The average molecular weight is 372 g/mol. The van der Waals surface area contributed by atoms with Gasteiger partial charge in [-0.3, -0.25) is 10.5 Å². The van der Waals surface area contributed by atoms with Crippen LogP contribution in [0.1, 0.15) is 97.8 Å². The van der Waals surface area contributed by atoms with Crippen molar-refractivity contribution in [2.24, 2.45) is 11.1 Å². The number of nitrogens with one attached hydrogen (secondary N) is 1. The molecule has 0 aliphatic heterocycles. The van der Waals surface area contributed by atoms with Crippen LogP contribution in [0.3, 0.4) is 0 Å². The maximum Gasteiger partial charge on any atom is 0.233 e. The number of hydrogen-bond acceptors (Lipinski definition) is 4. The largest absolute Gasteiger partial charge is 0.543 e. The van der Waals surface area contributed by atoms with Gasteiger partial charge in [0.2, 0.25) is 11.6 Å². The first-order valence-electron chi connectivity index (χ1n) is 10.3. The highest BCUT2D eigenvalue weighted by Gasteiger charge is 2.49. The molecule has 0 aromatic heterocycles. The highest BCUT2D eigenvalue weighted by Crippen LogP contribution is 2.23. The van der Waals surface area contributed by atoms with Crippen LogP contribution in [0, 0.1) is 5.41 Å². The minimum absolute atomic E-state index is 0.401. The van der Waals surface area contributed by atoms with Crippen LogP contribution in [0.4, 0.5) is 0 Å². The Hall–Kier alpha value is -1.14. The molecule has 0 rings (SSSR count). The van der Waals surface area contributed by atoms with Crippen molar-refractivity contribution in [2.45, 2.75) is 103 Å². The van der Waals surface area contributed by atoms with Gasteiger partial charge >= 0.3 is 0 Å². The number of carbonyl (C=O) groups is 2. The number of rotatable bonds is 16. The molecule has 0 saturated heterocycles. The summed E-state index contributed by atoms with van der Waals surface area (Å²) >= 11 is 0. The lowest BCUT2D eigenvalue weighted by atomic mass is 9.78. The molecule has 0 aromatic carbocycles. The summed E-state index contributed by atoms with van der Waals surface area (Å²) in [5.41, 5.74) is 5.80. The number of aliphatic carboxylic acids is 1. The summed E-state index contributed by atoms with van der Waals surface area (Å²) in [6.45, 7) is 5.73. The average Bonchev–Trinajstić information content (AvgIpc) is 2.58. The van der Waals surface area contributed by atoms with E-state index in [0.717, 1.165) is 12.8 Å². The summed E-state index contributed by atoms with van der Waals surface area (Å²) in [4.78, 5) is 23.3. The van der Waals surface area contributed by atoms with E-state index < -0.39 is 23.0 Å². The molecule has 154 valence electrons.